The van der Waals surface area contributed by atoms with Gasteiger partial charge in [0.1, 0.15) is 0 Å². The monoisotopic (exact) mass is 361 g/mol. The molecule has 0 bridgehead atoms. The Morgan fingerprint density at radius 2 is 1.96 bits per heavy atom. The van der Waals surface area contributed by atoms with Gasteiger partial charge in [-0.2, -0.15) is 4.98 Å². The van der Waals surface area contributed by atoms with Crippen molar-refractivity contribution >= 4 is 17.5 Å². The van der Waals surface area contributed by atoms with Crippen molar-refractivity contribution in [3.05, 3.63) is 46.6 Å². The predicted octanol–water partition coefficient (Wildman–Crippen LogP) is 3.25. The zero-order valence-electron chi connectivity index (χ0n) is 13.9. The fraction of sp³-hybridized carbons (Fsp3) is 0.500. The maximum absolute atomic E-state index is 12.6. The highest BCUT2D eigenvalue weighted by atomic mass is 35.5. The minimum absolute atomic E-state index is 0.0154. The first-order valence-electron chi connectivity index (χ1n) is 8.67. The minimum atomic E-state index is -0.0154. The van der Waals surface area contributed by atoms with Gasteiger partial charge in [0.15, 0.2) is 5.82 Å². The van der Waals surface area contributed by atoms with Crippen LogP contribution in [0.5, 0.6) is 0 Å². The van der Waals surface area contributed by atoms with Crippen LogP contribution in [-0.2, 0) is 4.74 Å². The number of aromatic nitrogens is 2. The number of benzene rings is 1. The number of rotatable bonds is 3. The van der Waals surface area contributed by atoms with Crippen LogP contribution in [0.15, 0.2) is 28.8 Å². The third-order valence-corrected chi connectivity index (χ3v) is 5.32. The molecule has 1 aromatic carbocycles. The van der Waals surface area contributed by atoms with Gasteiger partial charge in [-0.15, -0.1) is 0 Å². The number of carbonyl (C=O) groups is 1. The van der Waals surface area contributed by atoms with Crippen LogP contribution in [0.1, 0.15) is 53.2 Å². The topological polar surface area (TPSA) is 68.5 Å². The molecule has 1 amide bonds. The maximum Gasteiger partial charge on any atom is 0.255 e. The van der Waals surface area contributed by atoms with Gasteiger partial charge < -0.3 is 14.2 Å². The molecule has 0 spiro atoms. The molecule has 2 aromatic rings. The lowest BCUT2D eigenvalue weighted by molar-refractivity contribution is 0.0704. The van der Waals surface area contributed by atoms with Crippen molar-refractivity contribution in [2.75, 3.05) is 26.3 Å². The Morgan fingerprint density at radius 3 is 2.68 bits per heavy atom. The van der Waals surface area contributed by atoms with Crippen LogP contribution < -0.4 is 0 Å². The first-order valence-corrected chi connectivity index (χ1v) is 9.05. The SMILES string of the molecule is O=C(c1ccccc1Cl)N1CCC(c2nc([C@@H]3CCOC3)no2)CC1. The largest absolute Gasteiger partial charge is 0.381 e. The van der Waals surface area contributed by atoms with Crippen LogP contribution in [0.2, 0.25) is 5.02 Å². The molecule has 0 unspecified atom stereocenters. The predicted molar refractivity (Wildman–Crippen MR) is 91.8 cm³/mol. The Bertz CT molecular complexity index is 750. The van der Waals surface area contributed by atoms with Gasteiger partial charge in [-0.05, 0) is 31.4 Å². The molecule has 0 saturated carbocycles. The van der Waals surface area contributed by atoms with E-state index >= 15 is 0 Å². The number of carbonyl (C=O) groups excluding carboxylic acids is 1. The number of nitrogens with zero attached hydrogens (tertiary/aromatic N) is 3. The summed E-state index contributed by atoms with van der Waals surface area (Å²) in [5.41, 5.74) is 0.559. The summed E-state index contributed by atoms with van der Waals surface area (Å²) in [6, 6.07) is 7.17. The van der Waals surface area contributed by atoms with E-state index in [0.717, 1.165) is 31.7 Å². The summed E-state index contributed by atoms with van der Waals surface area (Å²) in [5.74, 6) is 1.88. The summed E-state index contributed by atoms with van der Waals surface area (Å²) < 4.78 is 10.9. The number of halogens is 1. The number of ether oxygens (including phenoxy) is 1. The van der Waals surface area contributed by atoms with Crippen LogP contribution in [0.4, 0.5) is 0 Å². The second kappa shape index (κ2) is 7.14. The van der Waals surface area contributed by atoms with E-state index in [1.165, 1.54) is 0 Å². The van der Waals surface area contributed by atoms with Crippen LogP contribution >= 0.6 is 11.6 Å². The lowest BCUT2D eigenvalue weighted by Crippen LogP contribution is -2.38. The smallest absolute Gasteiger partial charge is 0.255 e. The molecule has 6 nitrogen and oxygen atoms in total. The second-order valence-electron chi connectivity index (χ2n) is 6.60. The van der Waals surface area contributed by atoms with Crippen molar-refractivity contribution in [3.63, 3.8) is 0 Å². The summed E-state index contributed by atoms with van der Waals surface area (Å²) in [7, 11) is 0. The lowest BCUT2D eigenvalue weighted by Gasteiger charge is -2.30. The second-order valence-corrected chi connectivity index (χ2v) is 7.00. The molecule has 7 heteroatoms. The average Bonchev–Trinajstić information content (AvgIpc) is 3.33. The Labute approximate surface area is 151 Å². The van der Waals surface area contributed by atoms with Crippen LogP contribution in [0.25, 0.3) is 0 Å². The molecule has 0 aliphatic carbocycles. The Kier molecular flexibility index (Phi) is 4.72. The first kappa shape index (κ1) is 16.5. The summed E-state index contributed by atoms with van der Waals surface area (Å²) in [4.78, 5) is 19.0. The number of hydrogen-bond donors (Lipinski definition) is 0. The van der Waals surface area contributed by atoms with Gasteiger partial charge >= 0.3 is 0 Å². The Balaban J connectivity index is 1.38. The normalized spacial score (nSPS) is 21.6. The summed E-state index contributed by atoms with van der Waals surface area (Å²) in [5, 5.41) is 4.62. The molecule has 4 rings (SSSR count). The van der Waals surface area contributed by atoms with Gasteiger partial charge in [-0.1, -0.05) is 28.9 Å². The number of likely N-dealkylation sites (tertiary alicyclic amines) is 1. The van der Waals surface area contributed by atoms with Crippen molar-refractivity contribution in [2.45, 2.75) is 31.1 Å². The van der Waals surface area contributed by atoms with E-state index in [9.17, 15) is 4.79 Å². The standard InChI is InChI=1S/C18H20ClN3O3/c19-15-4-2-1-3-14(15)18(23)22-8-5-12(6-9-22)17-20-16(21-25-17)13-7-10-24-11-13/h1-4,12-13H,5-11H2/t13-/m1/s1. The van der Waals surface area contributed by atoms with E-state index in [1.807, 2.05) is 17.0 Å². The van der Waals surface area contributed by atoms with E-state index < -0.39 is 0 Å². The van der Waals surface area contributed by atoms with Gasteiger partial charge in [0.05, 0.1) is 17.2 Å². The molecular formula is C18H20ClN3O3. The molecule has 0 N–H and O–H groups in total. The van der Waals surface area contributed by atoms with Gasteiger partial charge in [-0.3, -0.25) is 4.79 Å². The third kappa shape index (κ3) is 3.41. The van der Waals surface area contributed by atoms with Crippen molar-refractivity contribution < 1.29 is 14.1 Å². The molecular weight excluding hydrogens is 342 g/mol. The molecule has 2 fully saturated rings. The van der Waals surface area contributed by atoms with Crippen molar-refractivity contribution in [2.24, 2.45) is 0 Å². The highest BCUT2D eigenvalue weighted by Crippen LogP contribution is 2.30. The van der Waals surface area contributed by atoms with E-state index in [-0.39, 0.29) is 17.7 Å². The van der Waals surface area contributed by atoms with E-state index in [2.05, 4.69) is 10.1 Å². The van der Waals surface area contributed by atoms with E-state index in [1.54, 1.807) is 12.1 Å². The molecule has 2 aliphatic rings. The summed E-state index contributed by atoms with van der Waals surface area (Å²) in [6.45, 7) is 2.76. The number of amides is 1. The van der Waals surface area contributed by atoms with Crippen LogP contribution in [0, 0.1) is 0 Å². The van der Waals surface area contributed by atoms with E-state index in [4.69, 9.17) is 20.9 Å². The Morgan fingerprint density at radius 1 is 1.16 bits per heavy atom. The molecule has 1 atom stereocenters. The maximum atomic E-state index is 12.6. The third-order valence-electron chi connectivity index (χ3n) is 4.99. The van der Waals surface area contributed by atoms with Crippen molar-refractivity contribution in [1.29, 1.82) is 0 Å². The van der Waals surface area contributed by atoms with Gasteiger partial charge in [0, 0.05) is 31.5 Å². The highest BCUT2D eigenvalue weighted by Gasteiger charge is 2.30. The van der Waals surface area contributed by atoms with Gasteiger partial charge in [-0.25, -0.2) is 0 Å². The molecule has 132 valence electrons. The van der Waals surface area contributed by atoms with Crippen molar-refractivity contribution in [1.82, 2.24) is 15.0 Å². The molecule has 0 radical (unpaired) electrons. The van der Waals surface area contributed by atoms with E-state index in [0.29, 0.717) is 36.2 Å². The molecule has 2 saturated heterocycles. The average molecular weight is 362 g/mol. The molecule has 25 heavy (non-hydrogen) atoms. The molecule has 1 aromatic heterocycles. The van der Waals surface area contributed by atoms with Crippen LogP contribution in [0.3, 0.4) is 0 Å². The van der Waals surface area contributed by atoms with Crippen LogP contribution in [-0.4, -0.2) is 47.3 Å². The summed E-state index contributed by atoms with van der Waals surface area (Å²) >= 11 is 6.14. The zero-order chi connectivity index (χ0) is 17.2. The van der Waals surface area contributed by atoms with Gasteiger partial charge in [0.25, 0.3) is 5.91 Å². The minimum Gasteiger partial charge on any atom is -0.381 e. The first-order chi connectivity index (χ1) is 12.2. The number of hydrogen-bond acceptors (Lipinski definition) is 5. The molecule has 2 aliphatic heterocycles. The van der Waals surface area contributed by atoms with Crippen molar-refractivity contribution in [3.8, 4) is 0 Å². The number of piperidine rings is 1. The van der Waals surface area contributed by atoms with Gasteiger partial charge in [0.2, 0.25) is 5.89 Å². The summed E-state index contributed by atoms with van der Waals surface area (Å²) in [6.07, 6.45) is 2.59. The fourth-order valence-electron chi connectivity index (χ4n) is 3.45. The highest BCUT2D eigenvalue weighted by molar-refractivity contribution is 6.33. The lowest BCUT2D eigenvalue weighted by atomic mass is 9.96. The fourth-order valence-corrected chi connectivity index (χ4v) is 3.67. The molecule has 3 heterocycles. The zero-order valence-corrected chi connectivity index (χ0v) is 14.6. The Hall–Kier alpha value is -1.92. The quantitative estimate of drug-likeness (QED) is 0.839.